The van der Waals surface area contributed by atoms with Gasteiger partial charge in [0.15, 0.2) is 0 Å². The molecule has 0 bridgehead atoms. The van der Waals surface area contributed by atoms with Gasteiger partial charge in [-0.2, -0.15) is 5.48 Å². The summed E-state index contributed by atoms with van der Waals surface area (Å²) in [6.07, 6.45) is 5.49. The molecule has 1 aromatic carbocycles. The minimum absolute atomic E-state index is 0.440. The standard InChI is InChI=1S/C13H19NO/c1-11-5-4-6-12(9-11)10-14-15-13-7-2-3-8-13/h4-6,9,13-14H,2-3,7-8,10H2,1H3. The van der Waals surface area contributed by atoms with E-state index in [1.165, 1.54) is 36.8 Å². The van der Waals surface area contributed by atoms with Crippen molar-refractivity contribution in [3.8, 4) is 0 Å². The van der Waals surface area contributed by atoms with E-state index in [0.29, 0.717) is 6.10 Å². The quantitative estimate of drug-likeness (QED) is 0.763. The van der Waals surface area contributed by atoms with Crippen LogP contribution in [0.1, 0.15) is 36.8 Å². The van der Waals surface area contributed by atoms with Crippen molar-refractivity contribution in [1.82, 2.24) is 5.48 Å². The lowest BCUT2D eigenvalue weighted by molar-refractivity contribution is -0.0244. The van der Waals surface area contributed by atoms with Crippen LogP contribution in [0, 0.1) is 6.92 Å². The Morgan fingerprint density at radius 1 is 1.33 bits per heavy atom. The minimum atomic E-state index is 0.440. The summed E-state index contributed by atoms with van der Waals surface area (Å²) in [5.74, 6) is 0. The monoisotopic (exact) mass is 205 g/mol. The minimum Gasteiger partial charge on any atom is -0.298 e. The molecule has 0 saturated heterocycles. The molecule has 1 fully saturated rings. The molecule has 15 heavy (non-hydrogen) atoms. The first kappa shape index (κ1) is 10.7. The fraction of sp³-hybridized carbons (Fsp3) is 0.538. The van der Waals surface area contributed by atoms with E-state index in [1.807, 2.05) is 0 Å². The van der Waals surface area contributed by atoms with E-state index >= 15 is 0 Å². The molecule has 82 valence electrons. The van der Waals surface area contributed by atoms with Gasteiger partial charge in [-0.15, -0.1) is 0 Å². The van der Waals surface area contributed by atoms with E-state index in [1.54, 1.807) is 0 Å². The molecule has 2 heteroatoms. The summed E-state index contributed by atoms with van der Waals surface area (Å²) in [7, 11) is 0. The van der Waals surface area contributed by atoms with Crippen LogP contribution in [0.2, 0.25) is 0 Å². The lowest BCUT2D eigenvalue weighted by atomic mass is 10.1. The maximum absolute atomic E-state index is 5.60. The molecule has 1 aromatic rings. The summed E-state index contributed by atoms with van der Waals surface area (Å²) in [5, 5.41) is 0. The molecule has 0 aliphatic heterocycles. The average Bonchev–Trinajstić information content (AvgIpc) is 2.71. The van der Waals surface area contributed by atoms with Crippen LogP contribution in [0.25, 0.3) is 0 Å². The SMILES string of the molecule is Cc1cccc(CNOC2CCCC2)c1. The van der Waals surface area contributed by atoms with Gasteiger partial charge in [-0.25, -0.2) is 0 Å². The van der Waals surface area contributed by atoms with Gasteiger partial charge >= 0.3 is 0 Å². The number of hydroxylamine groups is 1. The van der Waals surface area contributed by atoms with Crippen molar-refractivity contribution < 1.29 is 4.84 Å². The van der Waals surface area contributed by atoms with Gasteiger partial charge in [-0.05, 0) is 25.3 Å². The van der Waals surface area contributed by atoms with Gasteiger partial charge in [-0.1, -0.05) is 42.7 Å². The number of rotatable bonds is 4. The number of hydrogen-bond acceptors (Lipinski definition) is 2. The summed E-state index contributed by atoms with van der Waals surface area (Å²) >= 11 is 0. The normalized spacial score (nSPS) is 17.1. The van der Waals surface area contributed by atoms with Gasteiger partial charge in [-0.3, -0.25) is 4.84 Å². The Morgan fingerprint density at radius 3 is 2.87 bits per heavy atom. The van der Waals surface area contributed by atoms with Crippen LogP contribution in [-0.4, -0.2) is 6.10 Å². The van der Waals surface area contributed by atoms with Crippen molar-refractivity contribution in [2.24, 2.45) is 0 Å². The van der Waals surface area contributed by atoms with Crippen molar-refractivity contribution >= 4 is 0 Å². The molecule has 1 aliphatic rings. The highest BCUT2D eigenvalue weighted by Crippen LogP contribution is 2.19. The number of hydrogen-bond donors (Lipinski definition) is 1. The largest absolute Gasteiger partial charge is 0.298 e. The second-order valence-corrected chi connectivity index (χ2v) is 4.33. The molecule has 1 N–H and O–H groups in total. The smallest absolute Gasteiger partial charge is 0.0790 e. The fourth-order valence-corrected chi connectivity index (χ4v) is 2.07. The Hall–Kier alpha value is -0.860. The van der Waals surface area contributed by atoms with Gasteiger partial charge in [0.05, 0.1) is 6.10 Å². The lowest BCUT2D eigenvalue weighted by Gasteiger charge is -2.11. The molecule has 0 heterocycles. The first-order valence-electron chi connectivity index (χ1n) is 5.78. The maximum atomic E-state index is 5.60. The van der Waals surface area contributed by atoms with Crippen LogP contribution in [0.4, 0.5) is 0 Å². The van der Waals surface area contributed by atoms with E-state index < -0.39 is 0 Å². The summed E-state index contributed by atoms with van der Waals surface area (Å²) in [5.41, 5.74) is 5.66. The Bertz CT molecular complexity index is 305. The number of benzene rings is 1. The Morgan fingerprint density at radius 2 is 2.13 bits per heavy atom. The van der Waals surface area contributed by atoms with Crippen LogP contribution in [0.3, 0.4) is 0 Å². The Kier molecular flexibility index (Phi) is 3.75. The third-order valence-electron chi connectivity index (χ3n) is 2.91. The van der Waals surface area contributed by atoms with Crippen molar-refractivity contribution in [3.05, 3.63) is 35.4 Å². The first-order chi connectivity index (χ1) is 7.34. The summed E-state index contributed by atoms with van der Waals surface area (Å²) in [6, 6.07) is 8.51. The molecule has 0 aromatic heterocycles. The second-order valence-electron chi connectivity index (χ2n) is 4.33. The van der Waals surface area contributed by atoms with Crippen molar-refractivity contribution in [2.45, 2.75) is 45.3 Å². The Labute approximate surface area is 91.6 Å². The lowest BCUT2D eigenvalue weighted by Crippen LogP contribution is -2.21. The summed E-state index contributed by atoms with van der Waals surface area (Å²) < 4.78 is 0. The molecule has 1 aliphatic carbocycles. The second kappa shape index (κ2) is 5.29. The molecular formula is C13H19NO. The molecule has 0 spiro atoms. The van der Waals surface area contributed by atoms with Gasteiger partial charge in [0.25, 0.3) is 0 Å². The van der Waals surface area contributed by atoms with Gasteiger partial charge in [0, 0.05) is 6.54 Å². The van der Waals surface area contributed by atoms with Crippen LogP contribution in [0.5, 0.6) is 0 Å². The van der Waals surface area contributed by atoms with Gasteiger partial charge in [0.2, 0.25) is 0 Å². The predicted octanol–water partition coefficient (Wildman–Crippen LogP) is 2.96. The van der Waals surface area contributed by atoms with Crippen LogP contribution >= 0.6 is 0 Å². The van der Waals surface area contributed by atoms with Gasteiger partial charge < -0.3 is 0 Å². The third-order valence-corrected chi connectivity index (χ3v) is 2.91. The van der Waals surface area contributed by atoms with Crippen molar-refractivity contribution in [1.29, 1.82) is 0 Å². The highest BCUT2D eigenvalue weighted by molar-refractivity contribution is 5.21. The molecule has 0 atom stereocenters. The molecule has 1 saturated carbocycles. The predicted molar refractivity (Wildman–Crippen MR) is 61.4 cm³/mol. The van der Waals surface area contributed by atoms with Crippen LogP contribution in [0.15, 0.2) is 24.3 Å². The van der Waals surface area contributed by atoms with E-state index in [4.69, 9.17) is 4.84 Å². The molecule has 2 rings (SSSR count). The van der Waals surface area contributed by atoms with E-state index in [2.05, 4.69) is 36.7 Å². The topological polar surface area (TPSA) is 21.3 Å². The average molecular weight is 205 g/mol. The fourth-order valence-electron chi connectivity index (χ4n) is 2.07. The third kappa shape index (κ3) is 3.33. The molecule has 2 nitrogen and oxygen atoms in total. The highest BCUT2D eigenvalue weighted by Gasteiger charge is 2.15. The molecular weight excluding hydrogens is 186 g/mol. The van der Waals surface area contributed by atoms with Gasteiger partial charge in [0.1, 0.15) is 0 Å². The zero-order chi connectivity index (χ0) is 10.5. The van der Waals surface area contributed by atoms with Crippen molar-refractivity contribution in [2.75, 3.05) is 0 Å². The van der Waals surface area contributed by atoms with E-state index in [0.717, 1.165) is 6.54 Å². The first-order valence-corrected chi connectivity index (χ1v) is 5.78. The number of nitrogens with one attached hydrogen (secondary N) is 1. The van der Waals surface area contributed by atoms with Crippen molar-refractivity contribution in [3.63, 3.8) is 0 Å². The van der Waals surface area contributed by atoms with E-state index in [9.17, 15) is 0 Å². The Balaban J connectivity index is 1.73. The molecule has 0 amide bonds. The summed E-state index contributed by atoms with van der Waals surface area (Å²) in [4.78, 5) is 5.60. The van der Waals surface area contributed by atoms with Crippen LogP contribution < -0.4 is 5.48 Å². The zero-order valence-electron chi connectivity index (χ0n) is 9.33. The molecule has 0 radical (unpaired) electrons. The summed E-state index contributed by atoms with van der Waals surface area (Å²) in [6.45, 7) is 2.92. The number of aryl methyl sites for hydroxylation is 1. The van der Waals surface area contributed by atoms with Crippen LogP contribution in [-0.2, 0) is 11.4 Å². The maximum Gasteiger partial charge on any atom is 0.0790 e. The zero-order valence-corrected chi connectivity index (χ0v) is 9.33. The molecule has 0 unspecified atom stereocenters. The highest BCUT2D eigenvalue weighted by atomic mass is 16.7. The van der Waals surface area contributed by atoms with E-state index in [-0.39, 0.29) is 0 Å².